The van der Waals surface area contributed by atoms with Gasteiger partial charge in [0.1, 0.15) is 5.75 Å². The molecule has 1 aliphatic heterocycles. The second-order valence-corrected chi connectivity index (χ2v) is 5.08. The summed E-state index contributed by atoms with van der Waals surface area (Å²) in [6, 6.07) is 4.85. The summed E-state index contributed by atoms with van der Waals surface area (Å²) in [5.41, 5.74) is 1.52. The molecule has 4 nitrogen and oxygen atoms in total. The molecule has 2 rings (SSSR count). The van der Waals surface area contributed by atoms with Crippen molar-refractivity contribution in [2.45, 2.75) is 6.42 Å². The molecule has 0 aliphatic carbocycles. The average Bonchev–Trinajstić information content (AvgIpc) is 2.37. The molecule has 3 N–H and O–H groups in total. The Bertz CT molecular complexity index is 486. The predicted molar refractivity (Wildman–Crippen MR) is 73.7 cm³/mol. The van der Waals surface area contributed by atoms with Gasteiger partial charge in [-0.1, -0.05) is 27.6 Å². The first kappa shape index (κ1) is 13.1. The summed E-state index contributed by atoms with van der Waals surface area (Å²) in [6.07, 6.45) is 3.04. The van der Waals surface area contributed by atoms with Gasteiger partial charge in [0.2, 0.25) is 0 Å². The molecule has 0 spiro atoms. The smallest absolute Gasteiger partial charge is 0.255 e. The highest BCUT2D eigenvalue weighted by Crippen LogP contribution is 2.22. The van der Waals surface area contributed by atoms with E-state index in [0.717, 1.165) is 24.0 Å². The van der Waals surface area contributed by atoms with Crippen molar-refractivity contribution >= 4 is 21.8 Å². The topological polar surface area (TPSA) is 61.4 Å². The first-order valence-electron chi connectivity index (χ1n) is 5.82. The summed E-state index contributed by atoms with van der Waals surface area (Å²) in [5.74, 6) is -0.263. The first-order chi connectivity index (χ1) is 8.66. The largest absolute Gasteiger partial charge is 0.507 e. The Morgan fingerprint density at radius 1 is 1.50 bits per heavy atom. The van der Waals surface area contributed by atoms with Crippen LogP contribution < -0.4 is 10.6 Å². The van der Waals surface area contributed by atoms with Crippen molar-refractivity contribution in [3.05, 3.63) is 39.9 Å². The number of nitrogens with one attached hydrogen (secondary N) is 2. The average molecular weight is 311 g/mol. The molecule has 0 fully saturated rings. The molecule has 0 unspecified atom stereocenters. The number of aromatic hydroxyl groups is 1. The van der Waals surface area contributed by atoms with Crippen molar-refractivity contribution in [2.24, 2.45) is 0 Å². The van der Waals surface area contributed by atoms with E-state index < -0.39 is 0 Å². The van der Waals surface area contributed by atoms with Gasteiger partial charge in [0.05, 0.1) is 5.56 Å². The van der Waals surface area contributed by atoms with Gasteiger partial charge in [-0.2, -0.15) is 0 Å². The molecular weight excluding hydrogens is 296 g/mol. The molecule has 1 aromatic rings. The van der Waals surface area contributed by atoms with E-state index in [2.05, 4.69) is 32.6 Å². The third-order valence-electron chi connectivity index (χ3n) is 2.84. The fraction of sp³-hybridized carbons (Fsp3) is 0.308. The van der Waals surface area contributed by atoms with Gasteiger partial charge in [-0.25, -0.2) is 0 Å². The van der Waals surface area contributed by atoms with E-state index in [1.165, 1.54) is 11.6 Å². The van der Waals surface area contributed by atoms with Crippen LogP contribution >= 0.6 is 15.9 Å². The van der Waals surface area contributed by atoms with Crippen LogP contribution in [0.15, 0.2) is 34.3 Å². The van der Waals surface area contributed by atoms with Gasteiger partial charge >= 0.3 is 0 Å². The summed E-state index contributed by atoms with van der Waals surface area (Å²) < 4.78 is 0.748. The molecule has 1 aliphatic rings. The molecule has 0 bridgehead atoms. The van der Waals surface area contributed by atoms with E-state index in [1.54, 1.807) is 12.1 Å². The maximum atomic E-state index is 11.9. The lowest BCUT2D eigenvalue weighted by molar-refractivity contribution is 0.0954. The molecule has 0 radical (unpaired) electrons. The number of carbonyl (C=O) groups excluding carboxylic acids is 1. The molecular formula is C13H15BrN2O2. The number of benzene rings is 1. The minimum Gasteiger partial charge on any atom is -0.507 e. The number of phenols is 1. The number of halogens is 1. The zero-order valence-electron chi connectivity index (χ0n) is 9.87. The number of amides is 1. The Labute approximate surface area is 114 Å². The maximum Gasteiger partial charge on any atom is 0.255 e. The Balaban J connectivity index is 1.97. The van der Waals surface area contributed by atoms with E-state index >= 15 is 0 Å². The van der Waals surface area contributed by atoms with Crippen LogP contribution in [-0.2, 0) is 0 Å². The molecule has 1 amide bonds. The van der Waals surface area contributed by atoms with Crippen LogP contribution in [0.5, 0.6) is 5.75 Å². The van der Waals surface area contributed by atoms with Crippen LogP contribution in [0.3, 0.4) is 0 Å². The number of hydrogen-bond acceptors (Lipinski definition) is 3. The van der Waals surface area contributed by atoms with Gasteiger partial charge in [0.25, 0.3) is 5.91 Å². The van der Waals surface area contributed by atoms with Crippen LogP contribution in [0.1, 0.15) is 16.8 Å². The molecule has 1 heterocycles. The normalized spacial score (nSPS) is 15.1. The standard InChI is InChI=1S/C13H15BrN2O2/c14-10-1-2-11(12(17)7-10)13(18)16-8-9-3-5-15-6-4-9/h1-3,7,15,17H,4-6,8H2,(H,16,18). The summed E-state index contributed by atoms with van der Waals surface area (Å²) in [4.78, 5) is 11.9. The van der Waals surface area contributed by atoms with Gasteiger partial charge in [0.15, 0.2) is 0 Å². The molecule has 0 atom stereocenters. The lowest BCUT2D eigenvalue weighted by Gasteiger charge is -2.14. The van der Waals surface area contributed by atoms with E-state index in [9.17, 15) is 9.90 Å². The monoisotopic (exact) mass is 310 g/mol. The van der Waals surface area contributed by atoms with Gasteiger partial charge in [0, 0.05) is 17.6 Å². The fourth-order valence-corrected chi connectivity index (χ4v) is 2.16. The summed E-state index contributed by atoms with van der Waals surface area (Å²) in [6.45, 7) is 2.34. The van der Waals surface area contributed by atoms with Crippen molar-refractivity contribution in [1.29, 1.82) is 0 Å². The molecule has 96 valence electrons. The highest BCUT2D eigenvalue weighted by Gasteiger charge is 2.12. The minimum absolute atomic E-state index is 0.0128. The first-order valence-corrected chi connectivity index (χ1v) is 6.61. The summed E-state index contributed by atoms with van der Waals surface area (Å²) >= 11 is 3.24. The zero-order valence-corrected chi connectivity index (χ0v) is 11.5. The molecule has 0 saturated carbocycles. The lowest BCUT2D eigenvalue weighted by atomic mass is 10.1. The Morgan fingerprint density at radius 2 is 2.33 bits per heavy atom. The predicted octanol–water partition coefficient (Wildman–Crippen LogP) is 1.80. The zero-order chi connectivity index (χ0) is 13.0. The van der Waals surface area contributed by atoms with Crippen molar-refractivity contribution in [1.82, 2.24) is 10.6 Å². The second-order valence-electron chi connectivity index (χ2n) is 4.16. The number of phenolic OH excluding ortho intramolecular Hbond substituents is 1. The number of hydrogen-bond donors (Lipinski definition) is 3. The Morgan fingerprint density at radius 3 is 3.00 bits per heavy atom. The van der Waals surface area contributed by atoms with Crippen molar-refractivity contribution < 1.29 is 9.90 Å². The fourth-order valence-electron chi connectivity index (χ4n) is 1.82. The van der Waals surface area contributed by atoms with Crippen molar-refractivity contribution in [3.8, 4) is 5.75 Å². The lowest BCUT2D eigenvalue weighted by Crippen LogP contribution is -2.29. The van der Waals surface area contributed by atoms with Crippen LogP contribution in [0.25, 0.3) is 0 Å². The van der Waals surface area contributed by atoms with Gasteiger partial charge in [-0.05, 0) is 31.2 Å². The third-order valence-corrected chi connectivity index (χ3v) is 3.33. The highest BCUT2D eigenvalue weighted by molar-refractivity contribution is 9.10. The van der Waals surface area contributed by atoms with E-state index in [1.807, 2.05) is 0 Å². The highest BCUT2D eigenvalue weighted by atomic mass is 79.9. The van der Waals surface area contributed by atoms with Gasteiger partial charge < -0.3 is 15.7 Å². The SMILES string of the molecule is O=C(NCC1=CCNCC1)c1ccc(Br)cc1O. The molecule has 18 heavy (non-hydrogen) atoms. The third kappa shape index (κ3) is 3.34. The van der Waals surface area contributed by atoms with Gasteiger partial charge in [-0.3, -0.25) is 4.79 Å². The maximum absolute atomic E-state index is 11.9. The van der Waals surface area contributed by atoms with Crippen molar-refractivity contribution in [3.63, 3.8) is 0 Å². The Hall–Kier alpha value is -1.33. The van der Waals surface area contributed by atoms with Crippen LogP contribution in [0, 0.1) is 0 Å². The molecule has 5 heteroatoms. The summed E-state index contributed by atoms with van der Waals surface area (Å²) in [5, 5.41) is 15.7. The van der Waals surface area contributed by atoms with Gasteiger partial charge in [-0.15, -0.1) is 0 Å². The minimum atomic E-state index is -0.251. The van der Waals surface area contributed by atoms with Crippen molar-refractivity contribution in [2.75, 3.05) is 19.6 Å². The molecule has 1 aromatic carbocycles. The number of rotatable bonds is 3. The molecule has 0 aromatic heterocycles. The van der Waals surface area contributed by atoms with Crippen LogP contribution in [0.4, 0.5) is 0 Å². The summed E-state index contributed by atoms with van der Waals surface area (Å²) in [7, 11) is 0. The Kier molecular flexibility index (Phi) is 4.38. The molecule has 0 saturated heterocycles. The van der Waals surface area contributed by atoms with E-state index in [0.29, 0.717) is 12.1 Å². The number of carbonyl (C=O) groups is 1. The van der Waals surface area contributed by atoms with Crippen LogP contribution in [0.2, 0.25) is 0 Å². The van der Waals surface area contributed by atoms with E-state index in [4.69, 9.17) is 0 Å². The van der Waals surface area contributed by atoms with E-state index in [-0.39, 0.29) is 11.7 Å². The quantitative estimate of drug-likeness (QED) is 0.746. The van der Waals surface area contributed by atoms with Crippen LogP contribution in [-0.4, -0.2) is 30.6 Å². The second kappa shape index (κ2) is 6.02.